The molecule has 0 saturated heterocycles. The van der Waals surface area contributed by atoms with Crippen LogP contribution in [0.15, 0.2) is 14.4 Å². The van der Waals surface area contributed by atoms with Crippen molar-refractivity contribution in [3.05, 3.63) is 31.5 Å². The topological polar surface area (TPSA) is 66.0 Å². The van der Waals surface area contributed by atoms with Crippen LogP contribution in [0.1, 0.15) is 0 Å². The maximum absolute atomic E-state index is 11.1. The monoisotopic (exact) mass is 283 g/mol. The molecule has 12 heavy (non-hydrogen) atoms. The Morgan fingerprint density at radius 1 is 0.917 bits per heavy atom. The number of nitrogens with zero attached hydrogens (tertiary/aromatic N) is 3. The van der Waals surface area contributed by atoms with E-state index in [1.165, 1.54) is 14.1 Å². The Morgan fingerprint density at radius 2 is 1.25 bits per heavy atom. The molecule has 1 aromatic heterocycles. The normalized spacial score (nSPS) is 10.2. The highest BCUT2D eigenvalue weighted by Crippen LogP contribution is 1.74. The third kappa shape index (κ3) is 1.13. The summed E-state index contributed by atoms with van der Waals surface area (Å²) in [5.74, 6) is 0. The quantitative estimate of drug-likeness (QED) is 0.541. The Morgan fingerprint density at radius 3 is 1.58 bits per heavy atom. The zero-order valence-corrected chi connectivity index (χ0v) is 8.60. The molecule has 0 spiro atoms. The number of hydrogen-bond acceptors (Lipinski definition) is 3. The van der Waals surface area contributed by atoms with Crippen LogP contribution in [-0.2, 0) is 14.1 Å². The van der Waals surface area contributed by atoms with Crippen LogP contribution in [0, 0.1) is 0 Å². The molecule has 0 fully saturated rings. The molecule has 0 bridgehead atoms. The van der Waals surface area contributed by atoms with Gasteiger partial charge in [-0.05, 0) is 0 Å². The van der Waals surface area contributed by atoms with Crippen molar-refractivity contribution in [2.45, 2.75) is 0 Å². The van der Waals surface area contributed by atoms with Crippen LogP contribution < -0.4 is 17.1 Å². The van der Waals surface area contributed by atoms with E-state index in [0.717, 1.165) is 11.9 Å². The summed E-state index contributed by atoms with van der Waals surface area (Å²) in [5.41, 5.74) is -1.86. The van der Waals surface area contributed by atoms with Gasteiger partial charge in [-0.2, -0.15) is 2.78 Å². The largest absolute Gasteiger partial charge is 0.345 e. The minimum absolute atomic E-state index is 0.613. The van der Waals surface area contributed by atoms with Gasteiger partial charge in [-0.1, -0.05) is 0 Å². The first-order valence-electron chi connectivity index (χ1n) is 3.02. The van der Waals surface area contributed by atoms with Crippen molar-refractivity contribution < 1.29 is 0 Å². The van der Waals surface area contributed by atoms with Crippen LogP contribution in [0.25, 0.3) is 0 Å². The lowest BCUT2D eigenvalue weighted by Gasteiger charge is -2.01. The lowest BCUT2D eigenvalue weighted by Crippen LogP contribution is -2.50. The van der Waals surface area contributed by atoms with E-state index in [1.54, 1.807) is 22.9 Å². The van der Waals surface area contributed by atoms with E-state index in [2.05, 4.69) is 0 Å². The van der Waals surface area contributed by atoms with Gasteiger partial charge in [0.25, 0.3) is 0 Å². The molecule has 0 aromatic carbocycles. The molecule has 7 heteroatoms. The number of rotatable bonds is 0. The Labute approximate surface area is 80.6 Å². The first kappa shape index (κ1) is 9.23. The van der Waals surface area contributed by atoms with Crippen LogP contribution >= 0.6 is 22.9 Å². The summed E-state index contributed by atoms with van der Waals surface area (Å²) in [7, 11) is 2.64. The smallest absolute Gasteiger partial charge is 0.247 e. The van der Waals surface area contributed by atoms with Crippen LogP contribution in [-0.4, -0.2) is 11.9 Å². The van der Waals surface area contributed by atoms with Crippen LogP contribution in [0.4, 0.5) is 0 Å². The molecule has 0 radical (unpaired) electrons. The summed E-state index contributed by atoms with van der Waals surface area (Å²) in [6, 6.07) is 0. The molecule has 0 amide bonds. The lowest BCUT2D eigenvalue weighted by atomic mass is 10.9. The average Bonchev–Trinajstić information content (AvgIpc) is 2.08. The van der Waals surface area contributed by atoms with Crippen molar-refractivity contribution in [3.8, 4) is 0 Å². The highest BCUT2D eigenvalue weighted by atomic mass is 127. The SMILES string of the molecule is Cn1c(=O)n(C)c(=O)n(I)c1=O. The minimum atomic E-state index is -0.622. The Kier molecular flexibility index (Phi) is 2.22. The van der Waals surface area contributed by atoms with E-state index in [9.17, 15) is 14.4 Å². The van der Waals surface area contributed by atoms with Crippen LogP contribution in [0.2, 0.25) is 0 Å². The van der Waals surface area contributed by atoms with Gasteiger partial charge in [-0.25, -0.2) is 23.5 Å². The fourth-order valence-corrected chi connectivity index (χ4v) is 1.38. The van der Waals surface area contributed by atoms with E-state index in [0.29, 0.717) is 0 Å². The second-order valence-electron chi connectivity index (χ2n) is 2.25. The van der Waals surface area contributed by atoms with Gasteiger partial charge in [-0.15, -0.1) is 0 Å². The van der Waals surface area contributed by atoms with Crippen LogP contribution in [0.3, 0.4) is 0 Å². The van der Waals surface area contributed by atoms with Gasteiger partial charge in [0.1, 0.15) is 0 Å². The van der Waals surface area contributed by atoms with E-state index in [-0.39, 0.29) is 0 Å². The third-order valence-electron chi connectivity index (χ3n) is 1.48. The summed E-state index contributed by atoms with van der Waals surface area (Å²) in [5, 5.41) is 0. The number of hydrogen-bond donors (Lipinski definition) is 0. The van der Waals surface area contributed by atoms with Gasteiger partial charge in [0, 0.05) is 14.1 Å². The molecule has 0 unspecified atom stereocenters. The second-order valence-corrected chi connectivity index (χ2v) is 3.21. The summed E-state index contributed by atoms with van der Waals surface area (Å²) >= 11 is 1.55. The maximum atomic E-state index is 11.1. The molecule has 66 valence electrons. The molecule has 0 aliphatic rings. The Bertz CT molecular complexity index is 378. The zero-order valence-electron chi connectivity index (χ0n) is 6.44. The molecule has 6 nitrogen and oxygen atoms in total. The van der Waals surface area contributed by atoms with Gasteiger partial charge in [0.05, 0.1) is 22.9 Å². The lowest BCUT2D eigenvalue weighted by molar-refractivity contribution is 0.613. The minimum Gasteiger partial charge on any atom is -0.247 e. The van der Waals surface area contributed by atoms with Crippen molar-refractivity contribution in [1.29, 1.82) is 0 Å². The van der Waals surface area contributed by atoms with Gasteiger partial charge >= 0.3 is 17.1 Å². The molecule has 0 aliphatic heterocycles. The standard InChI is InChI=1S/C5H6IN3O3/c1-7-3(10)8(2)5(12)9(6)4(7)11/h1-2H3. The Hall–Kier alpha value is -0.860. The number of halogens is 1. The van der Waals surface area contributed by atoms with Gasteiger partial charge in [0.15, 0.2) is 0 Å². The molecular formula is C5H6IN3O3. The summed E-state index contributed by atoms with van der Waals surface area (Å²) in [4.78, 5) is 33.2. The molecule has 0 saturated carbocycles. The highest BCUT2D eigenvalue weighted by Gasteiger charge is 2.06. The molecule has 1 aromatic rings. The molecule has 0 atom stereocenters. The zero-order chi connectivity index (χ0) is 9.46. The predicted molar refractivity (Wildman–Crippen MR) is 50.6 cm³/mol. The first-order chi connectivity index (χ1) is 5.46. The molecule has 1 heterocycles. The maximum Gasteiger partial charge on any atom is 0.345 e. The third-order valence-corrected chi connectivity index (χ3v) is 2.31. The fraction of sp³-hybridized carbons (Fsp3) is 0.400. The summed E-state index contributed by atoms with van der Waals surface area (Å²) < 4.78 is 2.58. The van der Waals surface area contributed by atoms with Crippen molar-refractivity contribution in [2.75, 3.05) is 0 Å². The molecule has 0 N–H and O–H groups in total. The van der Waals surface area contributed by atoms with Crippen molar-refractivity contribution in [3.63, 3.8) is 0 Å². The van der Waals surface area contributed by atoms with E-state index in [1.807, 2.05) is 0 Å². The van der Waals surface area contributed by atoms with Gasteiger partial charge in [0.2, 0.25) is 0 Å². The number of aromatic nitrogens is 3. The fourth-order valence-electron chi connectivity index (χ4n) is 0.734. The average molecular weight is 283 g/mol. The molecular weight excluding hydrogens is 277 g/mol. The summed E-state index contributed by atoms with van der Waals surface area (Å²) in [6.07, 6.45) is 0. The molecule has 0 aliphatic carbocycles. The van der Waals surface area contributed by atoms with E-state index in [4.69, 9.17) is 0 Å². The van der Waals surface area contributed by atoms with E-state index >= 15 is 0 Å². The second kappa shape index (κ2) is 2.88. The van der Waals surface area contributed by atoms with Crippen molar-refractivity contribution >= 4 is 22.9 Å². The Balaban J connectivity index is 4.00. The van der Waals surface area contributed by atoms with Gasteiger partial charge in [-0.3, -0.25) is 0 Å². The molecule has 1 rings (SSSR count). The van der Waals surface area contributed by atoms with Crippen molar-refractivity contribution in [1.82, 2.24) is 11.9 Å². The van der Waals surface area contributed by atoms with E-state index < -0.39 is 17.1 Å². The van der Waals surface area contributed by atoms with Crippen LogP contribution in [0.5, 0.6) is 0 Å². The highest BCUT2D eigenvalue weighted by molar-refractivity contribution is 14.1. The first-order valence-corrected chi connectivity index (χ1v) is 3.98. The van der Waals surface area contributed by atoms with Gasteiger partial charge < -0.3 is 0 Å². The van der Waals surface area contributed by atoms with Crippen molar-refractivity contribution in [2.24, 2.45) is 14.1 Å². The predicted octanol–water partition coefficient (Wildman–Crippen LogP) is -1.56. The summed E-state index contributed by atoms with van der Waals surface area (Å²) in [6.45, 7) is 0.